The van der Waals surface area contributed by atoms with E-state index in [9.17, 15) is 4.79 Å². The van der Waals surface area contributed by atoms with E-state index in [0.717, 1.165) is 30.7 Å². The molecule has 5 heteroatoms. The summed E-state index contributed by atoms with van der Waals surface area (Å²) in [6, 6.07) is 1.51. The van der Waals surface area contributed by atoms with E-state index in [-0.39, 0.29) is 6.03 Å². The average Bonchev–Trinajstić information content (AvgIpc) is 2.98. The largest absolute Gasteiger partial charge is 0.369 e. The van der Waals surface area contributed by atoms with Crippen molar-refractivity contribution in [1.29, 1.82) is 0 Å². The second-order valence-corrected chi connectivity index (χ2v) is 4.26. The first-order valence-electron chi connectivity index (χ1n) is 6.30. The van der Waals surface area contributed by atoms with E-state index in [4.69, 9.17) is 0 Å². The minimum Gasteiger partial charge on any atom is -0.244 e. The third-order valence-corrected chi connectivity index (χ3v) is 3.01. The highest BCUT2D eigenvalue weighted by atomic mass is 16.2. The SMILES string of the molecule is CCCc1c(C)nn(C(=O)n2cccn2)c1CC. The molecule has 2 heterocycles. The summed E-state index contributed by atoms with van der Waals surface area (Å²) in [5, 5.41) is 8.32. The van der Waals surface area contributed by atoms with Gasteiger partial charge in [-0.05, 0) is 31.4 Å². The van der Waals surface area contributed by atoms with Crippen LogP contribution in [0.1, 0.15) is 37.2 Å². The Hall–Kier alpha value is -1.91. The third kappa shape index (κ3) is 2.08. The lowest BCUT2D eigenvalue weighted by molar-refractivity contribution is 0.237. The highest BCUT2D eigenvalue weighted by Crippen LogP contribution is 2.17. The van der Waals surface area contributed by atoms with Crippen LogP contribution in [0.3, 0.4) is 0 Å². The molecule has 0 atom stereocenters. The van der Waals surface area contributed by atoms with Crippen molar-refractivity contribution in [3.8, 4) is 0 Å². The number of hydrogen-bond donors (Lipinski definition) is 0. The highest BCUT2D eigenvalue weighted by Gasteiger charge is 2.18. The Balaban J connectivity index is 2.45. The van der Waals surface area contributed by atoms with Gasteiger partial charge < -0.3 is 0 Å². The Kier molecular flexibility index (Phi) is 3.60. The van der Waals surface area contributed by atoms with Crippen molar-refractivity contribution in [3.63, 3.8) is 0 Å². The zero-order valence-electron chi connectivity index (χ0n) is 11.1. The average molecular weight is 246 g/mol. The maximum absolute atomic E-state index is 12.3. The first-order valence-corrected chi connectivity index (χ1v) is 6.30. The van der Waals surface area contributed by atoms with Crippen molar-refractivity contribution in [3.05, 3.63) is 35.4 Å². The van der Waals surface area contributed by atoms with Gasteiger partial charge >= 0.3 is 6.03 Å². The fraction of sp³-hybridized carbons (Fsp3) is 0.462. The van der Waals surface area contributed by atoms with E-state index in [0.29, 0.717) is 0 Å². The first kappa shape index (κ1) is 12.5. The molecule has 0 aliphatic rings. The number of hydrogen-bond acceptors (Lipinski definition) is 3. The Bertz CT molecular complexity index is 540. The van der Waals surface area contributed by atoms with Crippen LogP contribution < -0.4 is 0 Å². The molecule has 0 saturated carbocycles. The van der Waals surface area contributed by atoms with Gasteiger partial charge in [-0.2, -0.15) is 19.6 Å². The van der Waals surface area contributed by atoms with E-state index in [2.05, 4.69) is 17.1 Å². The van der Waals surface area contributed by atoms with Crippen molar-refractivity contribution in [2.45, 2.75) is 40.0 Å². The van der Waals surface area contributed by atoms with Gasteiger partial charge in [0.25, 0.3) is 0 Å². The van der Waals surface area contributed by atoms with Gasteiger partial charge in [0.15, 0.2) is 0 Å². The maximum atomic E-state index is 12.3. The Morgan fingerprint density at radius 1 is 1.39 bits per heavy atom. The van der Waals surface area contributed by atoms with Gasteiger partial charge in [0, 0.05) is 12.4 Å². The minimum absolute atomic E-state index is 0.220. The van der Waals surface area contributed by atoms with Crippen LogP contribution in [0.4, 0.5) is 4.79 Å². The summed E-state index contributed by atoms with van der Waals surface area (Å²) in [7, 11) is 0. The third-order valence-electron chi connectivity index (χ3n) is 3.01. The van der Waals surface area contributed by atoms with Crippen LogP contribution in [0.2, 0.25) is 0 Å². The number of carbonyl (C=O) groups is 1. The molecule has 96 valence electrons. The second kappa shape index (κ2) is 5.16. The zero-order chi connectivity index (χ0) is 13.1. The molecule has 0 aromatic carbocycles. The van der Waals surface area contributed by atoms with E-state index >= 15 is 0 Å². The second-order valence-electron chi connectivity index (χ2n) is 4.26. The molecule has 18 heavy (non-hydrogen) atoms. The summed E-state index contributed by atoms with van der Waals surface area (Å²) in [5.41, 5.74) is 3.13. The number of nitrogens with zero attached hydrogens (tertiary/aromatic N) is 4. The molecule has 0 aliphatic heterocycles. The topological polar surface area (TPSA) is 52.7 Å². The number of carbonyl (C=O) groups excluding carboxylic acids is 1. The molecule has 0 saturated heterocycles. The fourth-order valence-electron chi connectivity index (χ4n) is 2.18. The smallest absolute Gasteiger partial charge is 0.244 e. The van der Waals surface area contributed by atoms with Crippen LogP contribution in [0, 0.1) is 6.92 Å². The lowest BCUT2D eigenvalue weighted by Crippen LogP contribution is -2.23. The molecule has 0 unspecified atom stereocenters. The van der Waals surface area contributed by atoms with Crippen molar-refractivity contribution in [1.82, 2.24) is 19.6 Å². The van der Waals surface area contributed by atoms with Crippen molar-refractivity contribution in [2.75, 3.05) is 0 Å². The molecule has 2 aromatic rings. The molecule has 0 aliphatic carbocycles. The van der Waals surface area contributed by atoms with Crippen LogP contribution in [-0.2, 0) is 12.8 Å². The Morgan fingerprint density at radius 3 is 2.72 bits per heavy atom. The summed E-state index contributed by atoms with van der Waals surface area (Å²) in [6.45, 7) is 6.13. The first-order chi connectivity index (χ1) is 8.69. The molecular weight excluding hydrogens is 228 g/mol. The van der Waals surface area contributed by atoms with E-state index in [1.807, 2.05) is 13.8 Å². The number of rotatable bonds is 3. The molecule has 0 amide bonds. The van der Waals surface area contributed by atoms with E-state index in [1.54, 1.807) is 18.5 Å². The monoisotopic (exact) mass is 246 g/mol. The summed E-state index contributed by atoms with van der Waals surface area (Å²) < 4.78 is 2.79. The molecular formula is C13H18N4O. The predicted molar refractivity (Wildman–Crippen MR) is 68.8 cm³/mol. The van der Waals surface area contributed by atoms with Gasteiger partial charge in [-0.15, -0.1) is 0 Å². The van der Waals surface area contributed by atoms with Gasteiger partial charge in [0.2, 0.25) is 0 Å². The highest BCUT2D eigenvalue weighted by molar-refractivity contribution is 5.78. The van der Waals surface area contributed by atoms with Crippen LogP contribution in [-0.4, -0.2) is 25.6 Å². The van der Waals surface area contributed by atoms with E-state index in [1.165, 1.54) is 14.9 Å². The summed E-state index contributed by atoms with van der Waals surface area (Å²) in [4.78, 5) is 12.3. The molecule has 0 fully saturated rings. The molecule has 0 radical (unpaired) electrons. The molecule has 2 rings (SSSR count). The van der Waals surface area contributed by atoms with Gasteiger partial charge in [-0.3, -0.25) is 0 Å². The van der Waals surface area contributed by atoms with Crippen molar-refractivity contribution >= 4 is 6.03 Å². The molecule has 5 nitrogen and oxygen atoms in total. The fourth-order valence-corrected chi connectivity index (χ4v) is 2.18. The lowest BCUT2D eigenvalue weighted by Gasteiger charge is -2.05. The molecule has 0 bridgehead atoms. The molecule has 0 N–H and O–H groups in total. The van der Waals surface area contributed by atoms with Gasteiger partial charge in [0.1, 0.15) is 0 Å². The van der Waals surface area contributed by atoms with Crippen LogP contribution >= 0.6 is 0 Å². The normalized spacial score (nSPS) is 10.8. The van der Waals surface area contributed by atoms with Gasteiger partial charge in [-0.25, -0.2) is 4.79 Å². The van der Waals surface area contributed by atoms with Gasteiger partial charge in [0.05, 0.1) is 11.4 Å². The molecule has 0 spiro atoms. The Labute approximate surface area is 106 Å². The lowest BCUT2D eigenvalue weighted by atomic mass is 10.1. The summed E-state index contributed by atoms with van der Waals surface area (Å²) >= 11 is 0. The number of aryl methyl sites for hydroxylation is 1. The minimum atomic E-state index is -0.220. The summed E-state index contributed by atoms with van der Waals surface area (Å²) in [5.74, 6) is 0. The molecule has 2 aromatic heterocycles. The predicted octanol–water partition coefficient (Wildman–Crippen LogP) is 2.42. The van der Waals surface area contributed by atoms with Crippen molar-refractivity contribution < 1.29 is 4.79 Å². The van der Waals surface area contributed by atoms with Crippen LogP contribution in [0.5, 0.6) is 0 Å². The summed E-state index contributed by atoms with van der Waals surface area (Å²) in [6.07, 6.45) is 6.03. The van der Waals surface area contributed by atoms with E-state index < -0.39 is 0 Å². The zero-order valence-corrected chi connectivity index (χ0v) is 11.1. The maximum Gasteiger partial charge on any atom is 0.369 e. The van der Waals surface area contributed by atoms with Gasteiger partial charge in [-0.1, -0.05) is 20.3 Å². The number of aromatic nitrogens is 4. The quantitative estimate of drug-likeness (QED) is 0.835. The van der Waals surface area contributed by atoms with Crippen LogP contribution in [0.15, 0.2) is 18.5 Å². The van der Waals surface area contributed by atoms with Crippen LogP contribution in [0.25, 0.3) is 0 Å². The van der Waals surface area contributed by atoms with Crippen molar-refractivity contribution in [2.24, 2.45) is 0 Å². The standard InChI is InChI=1S/C13H18N4O/c1-4-7-11-10(3)15-17(12(11)5-2)13(18)16-9-6-8-14-16/h6,8-9H,4-5,7H2,1-3H3. The Morgan fingerprint density at radius 2 is 2.17 bits per heavy atom.